The third-order valence-corrected chi connectivity index (χ3v) is 1.19. The van der Waals surface area contributed by atoms with Gasteiger partial charge in [-0.05, 0) is 6.42 Å². The molecule has 0 aliphatic carbocycles. The van der Waals surface area contributed by atoms with E-state index in [1.807, 2.05) is 6.92 Å². The van der Waals surface area contributed by atoms with Crippen LogP contribution in [0.15, 0.2) is 12.2 Å². The van der Waals surface area contributed by atoms with Crippen LogP contribution in [0.25, 0.3) is 0 Å². The van der Waals surface area contributed by atoms with Crippen LogP contribution in [-0.2, 0) is 4.79 Å². The normalized spacial score (nSPS) is 12.7. The zero-order valence-corrected chi connectivity index (χ0v) is 6.45. The Morgan fingerprint density at radius 2 is 2.45 bits per heavy atom. The van der Waals surface area contributed by atoms with E-state index in [2.05, 4.69) is 0 Å². The molecule has 0 bridgehead atoms. The Morgan fingerprint density at radius 1 is 1.82 bits per heavy atom. The average Bonchev–Trinajstić information content (AvgIpc) is 1.97. The molecule has 1 N–H and O–H groups in total. The number of rotatable bonds is 4. The number of allylic oxidation sites excluding steroid dienone is 1. The second-order valence-corrected chi connectivity index (χ2v) is 2.16. The van der Waals surface area contributed by atoms with Gasteiger partial charge in [-0.25, -0.2) is 0 Å². The molecule has 0 saturated carbocycles. The maximum atomic E-state index is 10.3. The lowest BCUT2D eigenvalue weighted by Crippen LogP contribution is -2.07. The van der Waals surface area contributed by atoms with Crippen molar-refractivity contribution in [3.8, 4) is 6.07 Å². The lowest BCUT2D eigenvalue weighted by molar-refractivity contribution is -0.138. The molecule has 1 unspecified atom stereocenters. The minimum atomic E-state index is -1.08. The van der Waals surface area contributed by atoms with E-state index in [1.54, 1.807) is 12.1 Å². The topological polar surface area (TPSA) is 61.1 Å². The molecule has 1 atom stereocenters. The standard InChI is InChI=1S/C8H11NO2/c1-2-3-4-5-7(6-9)8(10)11/h4-5,7H,2-3H2,1H3,(H,10,11)/b5-4+. The summed E-state index contributed by atoms with van der Waals surface area (Å²) in [7, 11) is 0. The molecule has 0 aromatic heterocycles. The van der Waals surface area contributed by atoms with Crippen molar-refractivity contribution in [3.05, 3.63) is 12.2 Å². The third kappa shape index (κ3) is 4.15. The number of carboxylic acid groups (broad SMARTS) is 1. The summed E-state index contributed by atoms with van der Waals surface area (Å²) in [6.07, 6.45) is 4.94. The van der Waals surface area contributed by atoms with Gasteiger partial charge >= 0.3 is 5.97 Å². The lowest BCUT2D eigenvalue weighted by atomic mass is 10.1. The molecule has 0 aromatic rings. The molecule has 0 spiro atoms. The molecule has 3 heteroatoms. The highest BCUT2D eigenvalue weighted by Crippen LogP contribution is 1.99. The van der Waals surface area contributed by atoms with Crippen molar-refractivity contribution < 1.29 is 9.90 Å². The summed E-state index contributed by atoms with van der Waals surface area (Å²) >= 11 is 0. The summed E-state index contributed by atoms with van der Waals surface area (Å²) in [4.78, 5) is 10.3. The van der Waals surface area contributed by atoms with Gasteiger partial charge in [-0.3, -0.25) is 4.79 Å². The van der Waals surface area contributed by atoms with Gasteiger partial charge in [0.25, 0.3) is 0 Å². The summed E-state index contributed by atoms with van der Waals surface area (Å²) in [6, 6.07) is 1.67. The van der Waals surface area contributed by atoms with Crippen LogP contribution in [0.1, 0.15) is 19.8 Å². The van der Waals surface area contributed by atoms with Gasteiger partial charge in [-0.15, -0.1) is 0 Å². The smallest absolute Gasteiger partial charge is 0.324 e. The Labute approximate surface area is 66.0 Å². The maximum absolute atomic E-state index is 10.3. The monoisotopic (exact) mass is 153 g/mol. The van der Waals surface area contributed by atoms with Crippen molar-refractivity contribution in [2.75, 3.05) is 0 Å². The molecular weight excluding hydrogens is 142 g/mol. The number of hydrogen-bond donors (Lipinski definition) is 1. The predicted molar refractivity (Wildman–Crippen MR) is 40.8 cm³/mol. The van der Waals surface area contributed by atoms with Gasteiger partial charge in [0, 0.05) is 0 Å². The highest BCUT2D eigenvalue weighted by molar-refractivity contribution is 5.75. The third-order valence-electron chi connectivity index (χ3n) is 1.19. The minimum absolute atomic E-state index is 0.825. The SMILES string of the molecule is CCC/C=C/C(C#N)C(=O)O. The van der Waals surface area contributed by atoms with Crippen molar-refractivity contribution in [1.29, 1.82) is 5.26 Å². The molecule has 60 valence electrons. The number of nitriles is 1. The second-order valence-electron chi connectivity index (χ2n) is 2.16. The Bertz CT molecular complexity index is 191. The molecule has 0 aliphatic rings. The molecule has 0 saturated heterocycles. The first-order chi connectivity index (χ1) is 5.22. The van der Waals surface area contributed by atoms with E-state index < -0.39 is 11.9 Å². The average molecular weight is 153 g/mol. The summed E-state index contributed by atoms with van der Waals surface area (Å²) in [5.41, 5.74) is 0. The van der Waals surface area contributed by atoms with E-state index in [1.165, 1.54) is 6.08 Å². The predicted octanol–water partition coefficient (Wildman–Crippen LogP) is 1.57. The number of unbranched alkanes of at least 4 members (excludes halogenated alkanes) is 1. The second kappa shape index (κ2) is 5.48. The molecule has 3 nitrogen and oxygen atoms in total. The number of carbonyl (C=O) groups is 1. The van der Waals surface area contributed by atoms with Gasteiger partial charge in [0.05, 0.1) is 6.07 Å². The molecule has 0 aliphatic heterocycles. The molecule has 0 fully saturated rings. The van der Waals surface area contributed by atoms with E-state index >= 15 is 0 Å². The number of nitrogens with zero attached hydrogens (tertiary/aromatic N) is 1. The highest BCUT2D eigenvalue weighted by atomic mass is 16.4. The fourth-order valence-corrected chi connectivity index (χ4v) is 0.580. The Kier molecular flexibility index (Phi) is 4.83. The Hall–Kier alpha value is -1.30. The van der Waals surface area contributed by atoms with Crippen molar-refractivity contribution in [2.45, 2.75) is 19.8 Å². The summed E-state index contributed by atoms with van der Waals surface area (Å²) in [5, 5.41) is 16.7. The molecule has 0 aromatic carbocycles. The van der Waals surface area contributed by atoms with Crippen molar-refractivity contribution in [2.24, 2.45) is 5.92 Å². The minimum Gasteiger partial charge on any atom is -0.480 e. The highest BCUT2D eigenvalue weighted by Gasteiger charge is 2.10. The van der Waals surface area contributed by atoms with Gasteiger partial charge in [0.1, 0.15) is 0 Å². The lowest BCUT2D eigenvalue weighted by Gasteiger charge is -1.92. The molecule has 0 radical (unpaired) electrons. The Morgan fingerprint density at radius 3 is 2.82 bits per heavy atom. The summed E-state index contributed by atoms with van der Waals surface area (Å²) in [5.74, 6) is -2.07. The number of aliphatic carboxylic acids is 1. The zero-order chi connectivity index (χ0) is 8.69. The zero-order valence-electron chi connectivity index (χ0n) is 6.45. The first-order valence-electron chi connectivity index (χ1n) is 3.51. The van der Waals surface area contributed by atoms with Crippen molar-refractivity contribution >= 4 is 5.97 Å². The first-order valence-corrected chi connectivity index (χ1v) is 3.51. The summed E-state index contributed by atoms with van der Waals surface area (Å²) in [6.45, 7) is 1.99. The van der Waals surface area contributed by atoms with Crippen LogP contribution in [-0.4, -0.2) is 11.1 Å². The van der Waals surface area contributed by atoms with Gasteiger partial charge in [-0.1, -0.05) is 25.5 Å². The van der Waals surface area contributed by atoms with Crippen LogP contribution in [0, 0.1) is 17.2 Å². The van der Waals surface area contributed by atoms with E-state index in [0.29, 0.717) is 0 Å². The van der Waals surface area contributed by atoms with E-state index in [4.69, 9.17) is 10.4 Å². The van der Waals surface area contributed by atoms with Gasteiger partial charge in [0.15, 0.2) is 5.92 Å². The molecular formula is C8H11NO2. The summed E-state index contributed by atoms with van der Waals surface area (Å²) < 4.78 is 0. The number of hydrogen-bond acceptors (Lipinski definition) is 2. The van der Waals surface area contributed by atoms with Crippen LogP contribution < -0.4 is 0 Å². The van der Waals surface area contributed by atoms with E-state index in [-0.39, 0.29) is 0 Å². The molecule has 0 amide bonds. The van der Waals surface area contributed by atoms with Crippen LogP contribution in [0.4, 0.5) is 0 Å². The van der Waals surface area contributed by atoms with Crippen LogP contribution in [0.3, 0.4) is 0 Å². The maximum Gasteiger partial charge on any atom is 0.324 e. The fourth-order valence-electron chi connectivity index (χ4n) is 0.580. The van der Waals surface area contributed by atoms with E-state index in [0.717, 1.165) is 12.8 Å². The fraction of sp³-hybridized carbons (Fsp3) is 0.500. The van der Waals surface area contributed by atoms with Crippen LogP contribution in [0.5, 0.6) is 0 Å². The molecule has 11 heavy (non-hydrogen) atoms. The van der Waals surface area contributed by atoms with Gasteiger partial charge in [0.2, 0.25) is 0 Å². The van der Waals surface area contributed by atoms with Crippen molar-refractivity contribution in [3.63, 3.8) is 0 Å². The largest absolute Gasteiger partial charge is 0.480 e. The van der Waals surface area contributed by atoms with Crippen molar-refractivity contribution in [1.82, 2.24) is 0 Å². The number of carboxylic acids is 1. The first kappa shape index (κ1) is 9.70. The molecule has 0 rings (SSSR count). The van der Waals surface area contributed by atoms with Crippen LogP contribution >= 0.6 is 0 Å². The van der Waals surface area contributed by atoms with Gasteiger partial charge in [-0.2, -0.15) is 5.26 Å². The molecule has 0 heterocycles. The van der Waals surface area contributed by atoms with Crippen LogP contribution in [0.2, 0.25) is 0 Å². The van der Waals surface area contributed by atoms with Gasteiger partial charge < -0.3 is 5.11 Å². The van der Waals surface area contributed by atoms with E-state index in [9.17, 15) is 4.79 Å². The Balaban J connectivity index is 3.90. The quantitative estimate of drug-likeness (QED) is 0.623.